The van der Waals surface area contributed by atoms with E-state index in [4.69, 9.17) is 9.57 Å². The maximum Gasteiger partial charge on any atom is 0.319 e. The monoisotopic (exact) mass is 403 g/mol. The standard InChI is InChI=1S/C22H21N5O3/c28-22(26-18-11-23-15-24-12-18)25-13-17-10-19(30-27-17)14-29-21-9-5-4-8-20(21)16-6-2-1-3-7-16/h1-9,11-12,15,19H,10,13-14H2,(H2,25,26,28). The van der Waals surface area contributed by atoms with Crippen molar-refractivity contribution < 1.29 is 14.4 Å². The molecule has 0 saturated carbocycles. The summed E-state index contributed by atoms with van der Waals surface area (Å²) in [6.45, 7) is 0.654. The van der Waals surface area contributed by atoms with Crippen LogP contribution in [0.3, 0.4) is 0 Å². The van der Waals surface area contributed by atoms with Crippen LogP contribution in [0.4, 0.5) is 10.5 Å². The zero-order valence-corrected chi connectivity index (χ0v) is 16.2. The minimum Gasteiger partial charge on any atom is -0.489 e. The second-order valence-electron chi connectivity index (χ2n) is 6.70. The number of carbonyl (C=O) groups is 1. The molecule has 1 atom stereocenters. The molecule has 0 spiro atoms. The second kappa shape index (κ2) is 9.51. The Kier molecular flexibility index (Phi) is 6.14. The quantitative estimate of drug-likeness (QED) is 0.629. The summed E-state index contributed by atoms with van der Waals surface area (Å²) in [6.07, 6.45) is 4.82. The zero-order chi connectivity index (χ0) is 20.6. The SMILES string of the molecule is O=C(NCC1=NOC(COc2ccccc2-c2ccccc2)C1)Nc1cncnc1. The predicted molar refractivity (Wildman–Crippen MR) is 113 cm³/mol. The van der Waals surface area contributed by atoms with E-state index in [0.29, 0.717) is 18.7 Å². The molecule has 1 aliphatic heterocycles. The van der Waals surface area contributed by atoms with Gasteiger partial charge in [-0.2, -0.15) is 0 Å². The van der Waals surface area contributed by atoms with E-state index in [1.807, 2.05) is 54.6 Å². The number of benzene rings is 2. The first kappa shape index (κ1) is 19.4. The highest BCUT2D eigenvalue weighted by atomic mass is 16.7. The van der Waals surface area contributed by atoms with Crippen LogP contribution in [-0.2, 0) is 4.84 Å². The summed E-state index contributed by atoms with van der Waals surface area (Å²) in [6, 6.07) is 17.6. The van der Waals surface area contributed by atoms with Gasteiger partial charge in [-0.05, 0) is 11.6 Å². The van der Waals surface area contributed by atoms with Crippen molar-refractivity contribution in [1.29, 1.82) is 0 Å². The lowest BCUT2D eigenvalue weighted by Gasteiger charge is -2.14. The van der Waals surface area contributed by atoms with Crippen LogP contribution in [0.5, 0.6) is 5.75 Å². The van der Waals surface area contributed by atoms with Crippen LogP contribution in [0.15, 0.2) is 78.5 Å². The molecule has 2 amide bonds. The number of para-hydroxylation sites is 1. The topological polar surface area (TPSA) is 97.7 Å². The zero-order valence-electron chi connectivity index (χ0n) is 16.2. The van der Waals surface area contributed by atoms with Gasteiger partial charge in [0.05, 0.1) is 30.3 Å². The molecule has 0 bridgehead atoms. The molecular formula is C22H21N5O3. The second-order valence-corrected chi connectivity index (χ2v) is 6.70. The summed E-state index contributed by atoms with van der Waals surface area (Å²) in [7, 11) is 0. The highest BCUT2D eigenvalue weighted by Crippen LogP contribution is 2.30. The fourth-order valence-corrected chi connectivity index (χ4v) is 3.03. The Morgan fingerprint density at radius 2 is 1.83 bits per heavy atom. The largest absolute Gasteiger partial charge is 0.489 e. The Labute approximate surface area is 174 Å². The molecule has 2 N–H and O–H groups in total. The summed E-state index contributed by atoms with van der Waals surface area (Å²) in [4.78, 5) is 25.1. The lowest BCUT2D eigenvalue weighted by Crippen LogP contribution is -2.33. The van der Waals surface area contributed by atoms with Crippen molar-refractivity contribution in [3.8, 4) is 16.9 Å². The number of anilines is 1. The third-order valence-electron chi connectivity index (χ3n) is 4.46. The Balaban J connectivity index is 1.24. The van der Waals surface area contributed by atoms with Gasteiger partial charge >= 0.3 is 6.03 Å². The van der Waals surface area contributed by atoms with Crippen LogP contribution >= 0.6 is 0 Å². The summed E-state index contributed by atoms with van der Waals surface area (Å²) in [5, 5.41) is 9.45. The van der Waals surface area contributed by atoms with Crippen molar-refractivity contribution in [1.82, 2.24) is 15.3 Å². The predicted octanol–water partition coefficient (Wildman–Crippen LogP) is 3.49. The Morgan fingerprint density at radius 3 is 2.67 bits per heavy atom. The molecule has 3 aromatic rings. The molecule has 8 nitrogen and oxygen atoms in total. The van der Waals surface area contributed by atoms with Gasteiger partial charge < -0.3 is 20.2 Å². The van der Waals surface area contributed by atoms with E-state index in [1.165, 1.54) is 18.7 Å². The molecule has 1 aromatic heterocycles. The van der Waals surface area contributed by atoms with Gasteiger partial charge in [-0.3, -0.25) is 0 Å². The number of rotatable bonds is 7. The maximum atomic E-state index is 11.9. The average Bonchev–Trinajstić information content (AvgIpc) is 3.26. The molecule has 1 unspecified atom stereocenters. The van der Waals surface area contributed by atoms with E-state index in [2.05, 4.69) is 25.8 Å². The van der Waals surface area contributed by atoms with E-state index in [1.54, 1.807) is 0 Å². The van der Waals surface area contributed by atoms with Crippen LogP contribution in [0.2, 0.25) is 0 Å². The van der Waals surface area contributed by atoms with Crippen molar-refractivity contribution in [2.75, 3.05) is 18.5 Å². The van der Waals surface area contributed by atoms with Gasteiger partial charge in [0.1, 0.15) is 18.7 Å². The smallest absolute Gasteiger partial charge is 0.319 e. The first-order valence-corrected chi connectivity index (χ1v) is 9.56. The fourth-order valence-electron chi connectivity index (χ4n) is 3.03. The van der Waals surface area contributed by atoms with Crippen LogP contribution in [0, 0.1) is 0 Å². The van der Waals surface area contributed by atoms with Gasteiger partial charge in [-0.25, -0.2) is 14.8 Å². The van der Waals surface area contributed by atoms with E-state index < -0.39 is 0 Å². The number of nitrogens with one attached hydrogen (secondary N) is 2. The van der Waals surface area contributed by atoms with Gasteiger partial charge in [-0.1, -0.05) is 53.7 Å². The summed E-state index contributed by atoms with van der Waals surface area (Å²) in [5.41, 5.74) is 3.39. The molecule has 8 heteroatoms. The van der Waals surface area contributed by atoms with Gasteiger partial charge in [0, 0.05) is 12.0 Å². The number of amides is 2. The summed E-state index contributed by atoms with van der Waals surface area (Å²) < 4.78 is 6.02. The molecule has 2 heterocycles. The van der Waals surface area contributed by atoms with Crippen LogP contribution in [-0.4, -0.2) is 41.0 Å². The third-order valence-corrected chi connectivity index (χ3v) is 4.46. The minimum absolute atomic E-state index is 0.198. The highest BCUT2D eigenvalue weighted by Gasteiger charge is 2.22. The number of nitrogens with zero attached hydrogens (tertiary/aromatic N) is 3. The lowest BCUT2D eigenvalue weighted by molar-refractivity contribution is 0.0472. The minimum atomic E-state index is -0.357. The van der Waals surface area contributed by atoms with Crippen molar-refractivity contribution >= 4 is 17.4 Å². The van der Waals surface area contributed by atoms with E-state index in [-0.39, 0.29) is 18.7 Å². The average molecular weight is 403 g/mol. The van der Waals surface area contributed by atoms with Crippen molar-refractivity contribution in [2.45, 2.75) is 12.5 Å². The molecule has 2 aromatic carbocycles. The summed E-state index contributed by atoms with van der Waals surface area (Å²) in [5.74, 6) is 0.795. The van der Waals surface area contributed by atoms with Crippen LogP contribution in [0.1, 0.15) is 6.42 Å². The Bertz CT molecular complexity index is 1010. The molecule has 0 saturated heterocycles. The third kappa shape index (κ3) is 5.11. The molecule has 4 rings (SSSR count). The van der Waals surface area contributed by atoms with Crippen LogP contribution < -0.4 is 15.4 Å². The number of hydrogen-bond acceptors (Lipinski definition) is 6. The number of ether oxygens (including phenoxy) is 1. The Morgan fingerprint density at radius 1 is 1.07 bits per heavy atom. The first-order chi connectivity index (χ1) is 14.8. The Hall–Kier alpha value is -3.94. The molecule has 0 fully saturated rings. The van der Waals surface area contributed by atoms with Gasteiger partial charge in [0.25, 0.3) is 0 Å². The fraction of sp³-hybridized carbons (Fsp3) is 0.182. The van der Waals surface area contributed by atoms with Gasteiger partial charge in [0.15, 0.2) is 6.10 Å². The van der Waals surface area contributed by atoms with Crippen LogP contribution in [0.25, 0.3) is 11.1 Å². The normalized spacial score (nSPS) is 15.1. The number of oxime groups is 1. The number of hydrogen-bond donors (Lipinski definition) is 2. The molecule has 152 valence electrons. The molecule has 1 aliphatic rings. The van der Waals surface area contributed by atoms with E-state index in [9.17, 15) is 4.79 Å². The molecule has 0 radical (unpaired) electrons. The summed E-state index contributed by atoms with van der Waals surface area (Å²) >= 11 is 0. The van der Waals surface area contributed by atoms with E-state index in [0.717, 1.165) is 22.6 Å². The molecule has 0 aliphatic carbocycles. The van der Waals surface area contributed by atoms with Crippen molar-refractivity contribution in [3.05, 3.63) is 73.3 Å². The maximum absolute atomic E-state index is 11.9. The van der Waals surface area contributed by atoms with Gasteiger partial charge in [-0.15, -0.1) is 0 Å². The molecular weight excluding hydrogens is 382 g/mol. The van der Waals surface area contributed by atoms with E-state index >= 15 is 0 Å². The number of aromatic nitrogens is 2. The van der Waals surface area contributed by atoms with Gasteiger partial charge in [0.2, 0.25) is 0 Å². The highest BCUT2D eigenvalue weighted by molar-refractivity contribution is 5.94. The number of urea groups is 1. The van der Waals surface area contributed by atoms with Crippen molar-refractivity contribution in [3.63, 3.8) is 0 Å². The van der Waals surface area contributed by atoms with Crippen molar-refractivity contribution in [2.24, 2.45) is 5.16 Å². The number of carbonyl (C=O) groups excluding carboxylic acids is 1. The lowest BCUT2D eigenvalue weighted by atomic mass is 10.0. The molecule has 30 heavy (non-hydrogen) atoms. The first-order valence-electron chi connectivity index (χ1n) is 9.56.